The van der Waals surface area contributed by atoms with Gasteiger partial charge in [-0.1, -0.05) is 41.9 Å². The van der Waals surface area contributed by atoms with Gasteiger partial charge in [0.1, 0.15) is 0 Å². The van der Waals surface area contributed by atoms with Gasteiger partial charge in [-0.3, -0.25) is 10.2 Å². The predicted octanol–water partition coefficient (Wildman–Crippen LogP) is 2.51. The molecule has 1 aliphatic heterocycles. The second-order valence-corrected chi connectivity index (χ2v) is 4.57. The summed E-state index contributed by atoms with van der Waals surface area (Å²) in [6.45, 7) is 0.537. The average Bonchev–Trinajstić information content (AvgIpc) is 2.77. The molecule has 2 N–H and O–H groups in total. The van der Waals surface area contributed by atoms with Gasteiger partial charge in [0.25, 0.3) is 5.91 Å². The van der Waals surface area contributed by atoms with Crippen molar-refractivity contribution in [1.82, 2.24) is 10.9 Å². The van der Waals surface area contributed by atoms with Gasteiger partial charge < -0.3 is 0 Å². The van der Waals surface area contributed by atoms with Gasteiger partial charge in [-0.25, -0.2) is 5.43 Å². The number of fused-ring (bicyclic) bond motifs is 1. The van der Waals surface area contributed by atoms with Gasteiger partial charge in [0.2, 0.25) is 0 Å². The van der Waals surface area contributed by atoms with Crippen LogP contribution in [0.15, 0.2) is 42.0 Å². The number of hydrazine groups is 1. The fourth-order valence-electron chi connectivity index (χ4n) is 2.11. The molecule has 1 heterocycles. The second-order valence-electron chi connectivity index (χ2n) is 4.16. The maximum absolute atomic E-state index is 11.5. The van der Waals surface area contributed by atoms with Crippen LogP contribution in [-0.4, -0.2) is 12.5 Å². The average molecular weight is 259 g/mol. The highest BCUT2D eigenvalue weighted by atomic mass is 35.5. The van der Waals surface area contributed by atoms with Gasteiger partial charge in [0.05, 0.1) is 0 Å². The number of carbonyl (C=O) groups excluding carboxylic acids is 1. The minimum Gasteiger partial charge on any atom is -0.287 e. The van der Waals surface area contributed by atoms with E-state index in [9.17, 15) is 4.79 Å². The third-order valence-corrected chi connectivity index (χ3v) is 3.33. The number of nitrogens with one attached hydrogen (secondary N) is 2. The summed E-state index contributed by atoms with van der Waals surface area (Å²) in [6, 6.07) is 11.7. The Morgan fingerprint density at radius 3 is 2.67 bits per heavy atom. The quantitative estimate of drug-likeness (QED) is 0.772. The van der Waals surface area contributed by atoms with Crippen LogP contribution in [0.1, 0.15) is 5.56 Å². The number of benzene rings is 2. The third-order valence-electron chi connectivity index (χ3n) is 3.00. The Morgan fingerprint density at radius 2 is 1.89 bits per heavy atom. The molecule has 3 rings (SSSR count). The Morgan fingerprint density at radius 1 is 1.11 bits per heavy atom. The van der Waals surface area contributed by atoms with Crippen LogP contribution in [0, 0.1) is 0 Å². The summed E-state index contributed by atoms with van der Waals surface area (Å²) in [5.41, 5.74) is 7.10. The Hall–Kier alpha value is -1.84. The van der Waals surface area contributed by atoms with E-state index in [-0.39, 0.29) is 5.91 Å². The molecular formula is C14H11ClN2O. The zero-order chi connectivity index (χ0) is 12.5. The molecule has 0 saturated carbocycles. The van der Waals surface area contributed by atoms with E-state index in [1.807, 2.05) is 42.5 Å². The Bertz CT molecular complexity index is 664. The van der Waals surface area contributed by atoms with Crippen LogP contribution in [-0.2, 0) is 4.79 Å². The molecule has 0 spiro atoms. The lowest BCUT2D eigenvalue weighted by molar-refractivity contribution is -0.116. The number of rotatable bonds is 1. The van der Waals surface area contributed by atoms with Crippen molar-refractivity contribution in [2.45, 2.75) is 0 Å². The Balaban J connectivity index is 2.18. The molecule has 0 atom stereocenters. The monoisotopic (exact) mass is 258 g/mol. The van der Waals surface area contributed by atoms with Crippen LogP contribution < -0.4 is 10.9 Å². The molecule has 3 nitrogen and oxygen atoms in total. The first-order chi connectivity index (χ1) is 8.75. The summed E-state index contributed by atoms with van der Waals surface area (Å²) in [7, 11) is 0. The van der Waals surface area contributed by atoms with E-state index in [1.54, 1.807) is 0 Å². The Kier molecular flexibility index (Phi) is 2.78. The Labute approximate surface area is 109 Å². The molecule has 1 saturated heterocycles. The van der Waals surface area contributed by atoms with Crippen LogP contribution in [0.25, 0.3) is 16.8 Å². The van der Waals surface area contributed by atoms with Crippen molar-refractivity contribution >= 4 is 34.4 Å². The molecule has 0 bridgehead atoms. The smallest absolute Gasteiger partial charge is 0.262 e. The van der Waals surface area contributed by atoms with Crippen LogP contribution in [0.5, 0.6) is 0 Å². The zero-order valence-electron chi connectivity index (χ0n) is 9.53. The molecule has 1 amide bonds. The summed E-state index contributed by atoms with van der Waals surface area (Å²) in [5, 5.41) is 2.78. The molecular weight excluding hydrogens is 248 g/mol. The lowest BCUT2D eigenvalue weighted by atomic mass is 10.0. The standard InChI is InChI=1S/C14H11ClN2O/c15-13-6-2-4-11-9(3-1-5-12(11)13)7-10-8-16-17-14(10)18/h1-7,16H,8H2,(H,17,18)/b10-7+. The first kappa shape index (κ1) is 11.3. The van der Waals surface area contributed by atoms with Crippen molar-refractivity contribution in [3.8, 4) is 0 Å². The number of hydrogen-bond acceptors (Lipinski definition) is 2. The molecule has 2 aromatic rings. The summed E-state index contributed by atoms with van der Waals surface area (Å²) in [6.07, 6.45) is 1.90. The number of halogens is 1. The van der Waals surface area contributed by atoms with Gasteiger partial charge in [-0.2, -0.15) is 0 Å². The van der Waals surface area contributed by atoms with E-state index in [0.29, 0.717) is 6.54 Å². The van der Waals surface area contributed by atoms with E-state index in [2.05, 4.69) is 10.9 Å². The molecule has 2 aromatic carbocycles. The maximum atomic E-state index is 11.5. The largest absolute Gasteiger partial charge is 0.287 e. The van der Waals surface area contributed by atoms with Gasteiger partial charge in [0, 0.05) is 22.5 Å². The van der Waals surface area contributed by atoms with Crippen LogP contribution in [0.3, 0.4) is 0 Å². The minimum atomic E-state index is -0.0750. The van der Waals surface area contributed by atoms with E-state index < -0.39 is 0 Å². The van der Waals surface area contributed by atoms with Gasteiger partial charge >= 0.3 is 0 Å². The highest BCUT2D eigenvalue weighted by Gasteiger charge is 2.15. The van der Waals surface area contributed by atoms with Crippen molar-refractivity contribution in [3.63, 3.8) is 0 Å². The summed E-state index contributed by atoms with van der Waals surface area (Å²) in [5.74, 6) is -0.0750. The molecule has 0 radical (unpaired) electrons. The predicted molar refractivity (Wildman–Crippen MR) is 73.1 cm³/mol. The number of carbonyl (C=O) groups is 1. The second kappa shape index (κ2) is 4.44. The molecule has 4 heteroatoms. The third kappa shape index (κ3) is 1.88. The SMILES string of the molecule is O=C1NNC/C1=C\c1cccc2c(Cl)cccc12. The molecule has 0 unspecified atom stereocenters. The molecule has 1 fully saturated rings. The lowest BCUT2D eigenvalue weighted by Gasteiger charge is -2.04. The molecule has 0 aliphatic carbocycles. The highest BCUT2D eigenvalue weighted by molar-refractivity contribution is 6.35. The molecule has 1 aliphatic rings. The van der Waals surface area contributed by atoms with Crippen molar-refractivity contribution in [2.75, 3.05) is 6.54 Å². The molecule has 18 heavy (non-hydrogen) atoms. The van der Waals surface area contributed by atoms with Gasteiger partial charge in [-0.15, -0.1) is 0 Å². The normalized spacial score (nSPS) is 17.4. The summed E-state index contributed by atoms with van der Waals surface area (Å²) in [4.78, 5) is 11.5. The van der Waals surface area contributed by atoms with Crippen molar-refractivity contribution in [3.05, 3.63) is 52.6 Å². The zero-order valence-corrected chi connectivity index (χ0v) is 10.3. The number of amides is 1. The number of hydrogen-bond donors (Lipinski definition) is 2. The van der Waals surface area contributed by atoms with Crippen molar-refractivity contribution in [1.29, 1.82) is 0 Å². The van der Waals surface area contributed by atoms with E-state index in [1.165, 1.54) is 0 Å². The fraction of sp³-hybridized carbons (Fsp3) is 0.0714. The first-order valence-electron chi connectivity index (χ1n) is 5.67. The minimum absolute atomic E-state index is 0.0750. The first-order valence-corrected chi connectivity index (χ1v) is 6.04. The van der Waals surface area contributed by atoms with Gasteiger partial charge in [-0.05, 0) is 23.1 Å². The lowest BCUT2D eigenvalue weighted by Crippen LogP contribution is -2.25. The van der Waals surface area contributed by atoms with E-state index in [4.69, 9.17) is 11.6 Å². The fourth-order valence-corrected chi connectivity index (χ4v) is 2.34. The molecule has 90 valence electrons. The van der Waals surface area contributed by atoms with Crippen molar-refractivity contribution in [2.24, 2.45) is 0 Å². The highest BCUT2D eigenvalue weighted by Crippen LogP contribution is 2.27. The van der Waals surface area contributed by atoms with E-state index >= 15 is 0 Å². The molecule has 0 aromatic heterocycles. The summed E-state index contributed by atoms with van der Waals surface area (Å²) >= 11 is 6.16. The van der Waals surface area contributed by atoms with Crippen molar-refractivity contribution < 1.29 is 4.79 Å². The van der Waals surface area contributed by atoms with E-state index in [0.717, 1.165) is 26.9 Å². The van der Waals surface area contributed by atoms with Crippen LogP contribution >= 0.6 is 11.6 Å². The van der Waals surface area contributed by atoms with Gasteiger partial charge in [0.15, 0.2) is 0 Å². The topological polar surface area (TPSA) is 41.1 Å². The van der Waals surface area contributed by atoms with Crippen LogP contribution in [0.2, 0.25) is 5.02 Å². The maximum Gasteiger partial charge on any atom is 0.262 e. The summed E-state index contributed by atoms with van der Waals surface area (Å²) < 4.78 is 0. The van der Waals surface area contributed by atoms with Crippen LogP contribution in [0.4, 0.5) is 0 Å².